The van der Waals surface area contributed by atoms with Crippen LogP contribution in [0.3, 0.4) is 0 Å². The highest BCUT2D eigenvalue weighted by molar-refractivity contribution is 8.00. The van der Waals surface area contributed by atoms with Gasteiger partial charge in [-0.3, -0.25) is 9.59 Å². The molecule has 0 aliphatic carbocycles. The van der Waals surface area contributed by atoms with Crippen molar-refractivity contribution in [1.82, 2.24) is 0 Å². The third-order valence-electron chi connectivity index (χ3n) is 2.90. The molecule has 0 aromatic heterocycles. The van der Waals surface area contributed by atoms with Crippen molar-refractivity contribution in [3.05, 3.63) is 59.7 Å². The average molecular weight is 330 g/mol. The molecular formula is C16H14N2O4S. The first kappa shape index (κ1) is 16.6. The maximum Gasteiger partial charge on any atom is 0.336 e. The number of rotatable bonds is 6. The van der Waals surface area contributed by atoms with E-state index >= 15 is 0 Å². The smallest absolute Gasteiger partial charge is 0.336 e. The van der Waals surface area contributed by atoms with Gasteiger partial charge < -0.3 is 16.2 Å². The molecule has 4 N–H and O–H groups in total. The van der Waals surface area contributed by atoms with Gasteiger partial charge >= 0.3 is 5.97 Å². The van der Waals surface area contributed by atoms with Gasteiger partial charge in [0.2, 0.25) is 5.91 Å². The van der Waals surface area contributed by atoms with Crippen molar-refractivity contribution in [1.29, 1.82) is 0 Å². The molecule has 2 aromatic carbocycles. The van der Waals surface area contributed by atoms with E-state index < -0.39 is 17.8 Å². The van der Waals surface area contributed by atoms with Crippen LogP contribution in [-0.4, -0.2) is 28.6 Å². The zero-order valence-electron chi connectivity index (χ0n) is 12.0. The highest BCUT2D eigenvalue weighted by atomic mass is 32.2. The third kappa shape index (κ3) is 4.58. The van der Waals surface area contributed by atoms with Crippen LogP contribution < -0.4 is 11.1 Å². The van der Waals surface area contributed by atoms with Crippen molar-refractivity contribution in [3.63, 3.8) is 0 Å². The standard InChI is InChI=1S/C16H14N2O4S/c17-14(19)9-23-11-7-5-10(6-8-11)18-15(20)12-3-1-2-4-13(12)16(21)22/h1-8H,9H2,(H2,17,19)(H,18,20)(H,21,22). The molecular weight excluding hydrogens is 316 g/mol. The van der Waals surface area contributed by atoms with Gasteiger partial charge in [-0.05, 0) is 36.4 Å². The minimum absolute atomic E-state index is 0.0568. The Labute approximate surface area is 136 Å². The van der Waals surface area contributed by atoms with Crippen LogP contribution in [0.15, 0.2) is 53.4 Å². The van der Waals surface area contributed by atoms with Gasteiger partial charge in [-0.2, -0.15) is 0 Å². The molecule has 0 aliphatic heterocycles. The Morgan fingerprint density at radius 1 is 1.00 bits per heavy atom. The number of nitrogens with one attached hydrogen (secondary N) is 1. The van der Waals surface area contributed by atoms with E-state index in [-0.39, 0.29) is 16.9 Å². The van der Waals surface area contributed by atoms with Gasteiger partial charge in [0, 0.05) is 10.6 Å². The van der Waals surface area contributed by atoms with E-state index in [0.717, 1.165) is 4.90 Å². The number of hydrogen-bond donors (Lipinski definition) is 3. The van der Waals surface area contributed by atoms with Crippen LogP contribution in [0.1, 0.15) is 20.7 Å². The Bertz CT molecular complexity index is 744. The topological polar surface area (TPSA) is 109 Å². The lowest BCUT2D eigenvalue weighted by molar-refractivity contribution is -0.115. The van der Waals surface area contributed by atoms with E-state index in [4.69, 9.17) is 10.8 Å². The summed E-state index contributed by atoms with van der Waals surface area (Å²) < 4.78 is 0. The molecule has 7 heteroatoms. The van der Waals surface area contributed by atoms with E-state index in [2.05, 4.69) is 5.32 Å². The molecule has 0 saturated carbocycles. The first-order chi connectivity index (χ1) is 11.0. The predicted octanol–water partition coefficient (Wildman–Crippen LogP) is 2.21. The summed E-state index contributed by atoms with van der Waals surface area (Å²) in [5.41, 5.74) is 5.63. The van der Waals surface area contributed by atoms with Crippen molar-refractivity contribution < 1.29 is 19.5 Å². The number of carbonyl (C=O) groups excluding carboxylic acids is 2. The van der Waals surface area contributed by atoms with Crippen molar-refractivity contribution in [2.75, 3.05) is 11.1 Å². The van der Waals surface area contributed by atoms with Crippen molar-refractivity contribution in [2.45, 2.75) is 4.90 Å². The van der Waals surface area contributed by atoms with E-state index in [0.29, 0.717) is 5.69 Å². The summed E-state index contributed by atoms with van der Waals surface area (Å²) in [6, 6.07) is 12.8. The Hall–Kier alpha value is -2.80. The molecule has 0 fully saturated rings. The summed E-state index contributed by atoms with van der Waals surface area (Å²) in [6.07, 6.45) is 0. The van der Waals surface area contributed by atoms with Crippen molar-refractivity contribution in [3.8, 4) is 0 Å². The molecule has 2 amide bonds. The second kappa shape index (κ2) is 7.46. The lowest BCUT2D eigenvalue weighted by atomic mass is 10.1. The quantitative estimate of drug-likeness (QED) is 0.704. The Balaban J connectivity index is 2.09. The second-order valence-corrected chi connectivity index (χ2v) is 5.63. The molecule has 23 heavy (non-hydrogen) atoms. The Kier molecular flexibility index (Phi) is 5.37. The number of nitrogens with two attached hydrogens (primary N) is 1. The third-order valence-corrected chi connectivity index (χ3v) is 3.93. The zero-order valence-corrected chi connectivity index (χ0v) is 12.8. The number of amides is 2. The second-order valence-electron chi connectivity index (χ2n) is 4.58. The van der Waals surface area contributed by atoms with Gasteiger partial charge in [0.05, 0.1) is 16.9 Å². The van der Waals surface area contributed by atoms with Crippen LogP contribution in [0.25, 0.3) is 0 Å². The molecule has 0 spiro atoms. The van der Waals surface area contributed by atoms with Crippen LogP contribution in [0, 0.1) is 0 Å². The van der Waals surface area contributed by atoms with Crippen LogP contribution in [0.4, 0.5) is 5.69 Å². The van der Waals surface area contributed by atoms with Crippen molar-refractivity contribution >= 4 is 35.2 Å². The number of primary amides is 1. The minimum atomic E-state index is -1.16. The lowest BCUT2D eigenvalue weighted by Crippen LogP contribution is -2.16. The van der Waals surface area contributed by atoms with E-state index in [1.807, 2.05) is 0 Å². The summed E-state index contributed by atoms with van der Waals surface area (Å²) in [5.74, 6) is -1.88. The number of carboxylic acid groups (broad SMARTS) is 1. The van der Waals surface area contributed by atoms with Crippen LogP contribution in [-0.2, 0) is 4.79 Å². The number of benzene rings is 2. The number of aromatic carboxylic acids is 1. The maximum atomic E-state index is 12.2. The van der Waals surface area contributed by atoms with Crippen molar-refractivity contribution in [2.24, 2.45) is 5.73 Å². The molecule has 0 heterocycles. The molecule has 118 valence electrons. The molecule has 6 nitrogen and oxygen atoms in total. The van der Waals surface area contributed by atoms with Gasteiger partial charge in [-0.15, -0.1) is 11.8 Å². The Morgan fingerprint density at radius 2 is 1.61 bits per heavy atom. The summed E-state index contributed by atoms with van der Waals surface area (Å²) in [7, 11) is 0. The molecule has 0 atom stereocenters. The molecule has 2 rings (SSSR count). The monoisotopic (exact) mass is 330 g/mol. The van der Waals surface area contributed by atoms with Gasteiger partial charge in [0.1, 0.15) is 0 Å². The van der Waals surface area contributed by atoms with E-state index in [1.54, 1.807) is 36.4 Å². The fourth-order valence-corrected chi connectivity index (χ4v) is 2.49. The first-order valence-electron chi connectivity index (χ1n) is 6.62. The van der Waals surface area contributed by atoms with E-state index in [9.17, 15) is 14.4 Å². The largest absolute Gasteiger partial charge is 0.478 e. The van der Waals surface area contributed by atoms with Gasteiger partial charge in [0.15, 0.2) is 0 Å². The molecule has 2 aromatic rings. The summed E-state index contributed by atoms with van der Waals surface area (Å²) in [6.45, 7) is 0. The average Bonchev–Trinajstić information content (AvgIpc) is 2.54. The van der Waals surface area contributed by atoms with Crippen LogP contribution >= 0.6 is 11.8 Å². The highest BCUT2D eigenvalue weighted by Gasteiger charge is 2.15. The van der Waals surface area contributed by atoms with Crippen LogP contribution in [0.5, 0.6) is 0 Å². The Morgan fingerprint density at radius 3 is 2.17 bits per heavy atom. The van der Waals surface area contributed by atoms with E-state index in [1.165, 1.54) is 23.9 Å². The molecule has 0 radical (unpaired) electrons. The lowest BCUT2D eigenvalue weighted by Gasteiger charge is -2.08. The van der Waals surface area contributed by atoms with Gasteiger partial charge in [0.25, 0.3) is 5.91 Å². The number of anilines is 1. The normalized spacial score (nSPS) is 10.1. The van der Waals surface area contributed by atoms with Gasteiger partial charge in [-0.1, -0.05) is 12.1 Å². The summed E-state index contributed by atoms with van der Waals surface area (Å²) >= 11 is 1.29. The fraction of sp³-hybridized carbons (Fsp3) is 0.0625. The zero-order chi connectivity index (χ0) is 16.8. The maximum absolute atomic E-state index is 12.2. The summed E-state index contributed by atoms with van der Waals surface area (Å²) in [5, 5.41) is 11.7. The number of carboxylic acids is 1. The molecule has 0 aliphatic rings. The molecule has 0 bridgehead atoms. The first-order valence-corrected chi connectivity index (χ1v) is 7.61. The highest BCUT2D eigenvalue weighted by Crippen LogP contribution is 2.20. The molecule has 0 unspecified atom stereocenters. The number of thioether (sulfide) groups is 1. The molecule has 0 saturated heterocycles. The number of carbonyl (C=O) groups is 3. The fourth-order valence-electron chi connectivity index (χ4n) is 1.85. The summed E-state index contributed by atoms with van der Waals surface area (Å²) in [4.78, 5) is 34.9. The van der Waals surface area contributed by atoms with Crippen LogP contribution in [0.2, 0.25) is 0 Å². The SMILES string of the molecule is NC(=O)CSc1ccc(NC(=O)c2ccccc2C(=O)O)cc1. The predicted molar refractivity (Wildman–Crippen MR) is 87.7 cm³/mol. The minimum Gasteiger partial charge on any atom is -0.478 e. The van der Waals surface area contributed by atoms with Gasteiger partial charge in [-0.25, -0.2) is 4.79 Å². The number of hydrogen-bond acceptors (Lipinski definition) is 4.